The molecule has 5 nitrogen and oxygen atoms in total. The molecule has 1 saturated heterocycles. The number of fused-ring (bicyclic) bond motifs is 1. The zero-order valence-corrected chi connectivity index (χ0v) is 17.0. The van der Waals surface area contributed by atoms with Crippen molar-refractivity contribution in [1.82, 2.24) is 9.88 Å². The molecule has 2 aromatic carbocycles. The molecule has 0 bridgehead atoms. The van der Waals surface area contributed by atoms with Gasteiger partial charge in [0, 0.05) is 12.6 Å². The van der Waals surface area contributed by atoms with Crippen LogP contribution in [0.1, 0.15) is 46.2 Å². The Hall–Kier alpha value is -2.99. The summed E-state index contributed by atoms with van der Waals surface area (Å²) < 4.78 is 5.86. The number of benzene rings is 2. The number of ether oxygens (including phenoxy) is 1. The molecule has 1 aromatic heterocycles. The Bertz CT molecular complexity index is 1020. The van der Waals surface area contributed by atoms with Gasteiger partial charge in [-0.15, -0.1) is 11.3 Å². The topological polar surface area (TPSA) is 59.5 Å². The Labute approximate surface area is 173 Å². The van der Waals surface area contributed by atoms with Crippen LogP contribution in [0.25, 0.3) is 16.3 Å². The first-order valence-electron chi connectivity index (χ1n) is 9.68. The number of hydrogen-bond acceptors (Lipinski definition) is 5. The zero-order chi connectivity index (χ0) is 20.2. The average molecular weight is 407 g/mol. The quantitative estimate of drug-likeness (QED) is 0.459. The fourth-order valence-corrected chi connectivity index (χ4v) is 4.71. The van der Waals surface area contributed by atoms with Crippen LogP contribution in [0.2, 0.25) is 0 Å². The van der Waals surface area contributed by atoms with Crippen LogP contribution >= 0.6 is 11.3 Å². The fourth-order valence-electron chi connectivity index (χ4n) is 3.60. The normalized spacial score (nSPS) is 17.0. The van der Waals surface area contributed by atoms with Crippen molar-refractivity contribution >= 4 is 39.5 Å². The summed E-state index contributed by atoms with van der Waals surface area (Å²) in [5, 5.41) is 1.01. The molecule has 4 rings (SSSR count). The number of piperidine rings is 1. The number of rotatable bonds is 4. The summed E-state index contributed by atoms with van der Waals surface area (Å²) in [6.45, 7) is 0.741. The minimum absolute atomic E-state index is 0.00833. The summed E-state index contributed by atoms with van der Waals surface area (Å²) in [5.41, 5.74) is 2.34. The van der Waals surface area contributed by atoms with E-state index < -0.39 is 0 Å². The number of esters is 1. The number of thiazole rings is 1. The van der Waals surface area contributed by atoms with Crippen molar-refractivity contribution in [2.24, 2.45) is 0 Å². The van der Waals surface area contributed by atoms with Crippen LogP contribution in [-0.4, -0.2) is 35.4 Å². The first-order chi connectivity index (χ1) is 14.2. The summed E-state index contributed by atoms with van der Waals surface area (Å²) in [7, 11) is 1.36. The number of carbonyl (C=O) groups excluding carboxylic acids is 2. The third-order valence-corrected chi connectivity index (χ3v) is 6.27. The van der Waals surface area contributed by atoms with Gasteiger partial charge in [0.25, 0.3) is 0 Å². The molecular formula is C23H22N2O3S. The maximum absolute atomic E-state index is 12.9. The second kappa shape index (κ2) is 8.57. The van der Waals surface area contributed by atoms with Gasteiger partial charge in [-0.05, 0) is 55.2 Å². The predicted molar refractivity (Wildman–Crippen MR) is 115 cm³/mol. The highest BCUT2D eigenvalue weighted by Gasteiger charge is 2.29. The fraction of sp³-hybridized carbons (Fsp3) is 0.261. The molecule has 0 aliphatic carbocycles. The SMILES string of the molecule is COC(=O)c1ccc(/C=C/C(=O)N2CCCCC2c2nc3ccccc3s2)cc1. The van der Waals surface area contributed by atoms with Gasteiger partial charge in [0.15, 0.2) is 0 Å². The van der Waals surface area contributed by atoms with E-state index in [1.807, 2.05) is 23.1 Å². The molecule has 2 heterocycles. The molecule has 0 spiro atoms. The van der Waals surface area contributed by atoms with E-state index in [1.54, 1.807) is 47.8 Å². The lowest BCUT2D eigenvalue weighted by Crippen LogP contribution is -2.37. The number of nitrogens with zero attached hydrogens (tertiary/aromatic N) is 2. The van der Waals surface area contributed by atoms with Crippen molar-refractivity contribution in [2.45, 2.75) is 25.3 Å². The molecule has 0 radical (unpaired) electrons. The van der Waals surface area contributed by atoms with Gasteiger partial charge in [0.2, 0.25) is 5.91 Å². The number of aromatic nitrogens is 1. The van der Waals surface area contributed by atoms with Crippen LogP contribution in [0.5, 0.6) is 0 Å². The minimum atomic E-state index is -0.372. The molecule has 3 aromatic rings. The molecule has 1 atom stereocenters. The van der Waals surface area contributed by atoms with Crippen LogP contribution in [0.3, 0.4) is 0 Å². The lowest BCUT2D eigenvalue weighted by molar-refractivity contribution is -0.129. The second-order valence-corrected chi connectivity index (χ2v) is 8.07. The first-order valence-corrected chi connectivity index (χ1v) is 10.5. The van der Waals surface area contributed by atoms with E-state index in [2.05, 4.69) is 6.07 Å². The van der Waals surface area contributed by atoms with Crippen molar-refractivity contribution < 1.29 is 14.3 Å². The van der Waals surface area contributed by atoms with Gasteiger partial charge in [-0.3, -0.25) is 4.79 Å². The summed E-state index contributed by atoms with van der Waals surface area (Å²) in [4.78, 5) is 31.2. The minimum Gasteiger partial charge on any atom is -0.465 e. The Morgan fingerprint density at radius 1 is 1.14 bits per heavy atom. The molecule has 0 saturated carbocycles. The molecule has 1 aliphatic rings. The molecule has 6 heteroatoms. The van der Waals surface area contributed by atoms with Crippen LogP contribution in [0.15, 0.2) is 54.6 Å². The van der Waals surface area contributed by atoms with Crippen LogP contribution < -0.4 is 0 Å². The van der Waals surface area contributed by atoms with Gasteiger partial charge in [0.1, 0.15) is 5.01 Å². The van der Waals surface area contributed by atoms with E-state index in [4.69, 9.17) is 9.72 Å². The van der Waals surface area contributed by atoms with Crippen LogP contribution in [-0.2, 0) is 9.53 Å². The van der Waals surface area contributed by atoms with Gasteiger partial charge in [-0.2, -0.15) is 0 Å². The Balaban J connectivity index is 1.51. The number of carbonyl (C=O) groups is 2. The standard InChI is InChI=1S/C23H22N2O3S/c1-28-23(27)17-12-9-16(10-13-17)11-14-21(26)25-15-5-4-7-19(25)22-24-18-6-2-3-8-20(18)29-22/h2-3,6,8-14,19H,4-5,7,15H2,1H3/b14-11+. The van der Waals surface area contributed by atoms with Crippen LogP contribution in [0, 0.1) is 0 Å². The lowest BCUT2D eigenvalue weighted by Gasteiger charge is -2.33. The number of methoxy groups -OCH3 is 1. The van der Waals surface area contributed by atoms with E-state index in [0.717, 1.165) is 46.6 Å². The summed E-state index contributed by atoms with van der Waals surface area (Å²) >= 11 is 1.67. The van der Waals surface area contributed by atoms with Crippen molar-refractivity contribution in [2.75, 3.05) is 13.7 Å². The molecule has 1 unspecified atom stereocenters. The highest BCUT2D eigenvalue weighted by Crippen LogP contribution is 2.35. The summed E-state index contributed by atoms with van der Waals surface area (Å²) in [6.07, 6.45) is 6.44. The van der Waals surface area contributed by atoms with Gasteiger partial charge >= 0.3 is 5.97 Å². The third kappa shape index (κ3) is 4.22. The smallest absolute Gasteiger partial charge is 0.337 e. The summed E-state index contributed by atoms with van der Waals surface area (Å²) in [6, 6.07) is 15.1. The van der Waals surface area contributed by atoms with E-state index in [0.29, 0.717) is 5.56 Å². The predicted octanol–water partition coefficient (Wildman–Crippen LogP) is 4.85. The van der Waals surface area contributed by atoms with Crippen molar-refractivity contribution in [3.63, 3.8) is 0 Å². The van der Waals surface area contributed by atoms with Crippen molar-refractivity contribution in [1.29, 1.82) is 0 Å². The molecule has 1 aliphatic heterocycles. The van der Waals surface area contributed by atoms with E-state index in [-0.39, 0.29) is 17.9 Å². The molecule has 148 valence electrons. The first kappa shape index (κ1) is 19.3. The van der Waals surface area contributed by atoms with Gasteiger partial charge in [0.05, 0.1) is 28.9 Å². The number of amides is 1. The zero-order valence-electron chi connectivity index (χ0n) is 16.2. The molecule has 29 heavy (non-hydrogen) atoms. The Morgan fingerprint density at radius 3 is 2.69 bits per heavy atom. The number of hydrogen-bond donors (Lipinski definition) is 0. The maximum atomic E-state index is 12.9. The third-order valence-electron chi connectivity index (χ3n) is 5.13. The highest BCUT2D eigenvalue weighted by molar-refractivity contribution is 7.18. The number of likely N-dealkylation sites (tertiary alicyclic amines) is 1. The number of para-hydroxylation sites is 1. The highest BCUT2D eigenvalue weighted by atomic mass is 32.1. The van der Waals surface area contributed by atoms with Gasteiger partial charge < -0.3 is 9.64 Å². The van der Waals surface area contributed by atoms with Crippen molar-refractivity contribution in [3.8, 4) is 0 Å². The molecule has 0 N–H and O–H groups in total. The molecule has 1 amide bonds. The van der Waals surface area contributed by atoms with E-state index >= 15 is 0 Å². The largest absolute Gasteiger partial charge is 0.465 e. The van der Waals surface area contributed by atoms with E-state index in [1.165, 1.54) is 7.11 Å². The average Bonchev–Trinajstić information content (AvgIpc) is 3.21. The monoisotopic (exact) mass is 406 g/mol. The van der Waals surface area contributed by atoms with Crippen LogP contribution in [0.4, 0.5) is 0 Å². The molecular weight excluding hydrogens is 384 g/mol. The van der Waals surface area contributed by atoms with E-state index in [9.17, 15) is 9.59 Å². The Kier molecular flexibility index (Phi) is 5.71. The maximum Gasteiger partial charge on any atom is 0.337 e. The second-order valence-electron chi connectivity index (χ2n) is 7.01. The van der Waals surface area contributed by atoms with Gasteiger partial charge in [-0.1, -0.05) is 24.3 Å². The van der Waals surface area contributed by atoms with Gasteiger partial charge in [-0.25, -0.2) is 9.78 Å². The summed E-state index contributed by atoms with van der Waals surface area (Å²) in [5.74, 6) is -0.380. The van der Waals surface area contributed by atoms with Crippen molar-refractivity contribution in [3.05, 3.63) is 70.7 Å². The molecule has 1 fully saturated rings. The Morgan fingerprint density at radius 2 is 1.93 bits per heavy atom. The lowest BCUT2D eigenvalue weighted by atomic mass is 10.0.